The number of benzene rings is 2. The van der Waals surface area contributed by atoms with Crippen molar-refractivity contribution in [2.75, 3.05) is 12.0 Å². The fourth-order valence-corrected chi connectivity index (χ4v) is 3.45. The van der Waals surface area contributed by atoms with Gasteiger partial charge in [-0.15, -0.1) is 0 Å². The molecular formula is C21H20ClNO4. The molecule has 0 aliphatic carbocycles. The van der Waals surface area contributed by atoms with Gasteiger partial charge in [-0.05, 0) is 31.5 Å². The van der Waals surface area contributed by atoms with Crippen LogP contribution in [0.1, 0.15) is 23.1 Å². The Morgan fingerprint density at radius 2 is 1.59 bits per heavy atom. The fourth-order valence-electron chi connectivity index (χ4n) is 3.10. The van der Waals surface area contributed by atoms with Crippen LogP contribution in [-0.4, -0.2) is 29.7 Å². The second kappa shape index (κ2) is 7.18. The number of esters is 1. The minimum atomic E-state index is -2.15. The minimum Gasteiger partial charge on any atom is -0.469 e. The van der Waals surface area contributed by atoms with E-state index in [4.69, 9.17) is 11.6 Å². The maximum absolute atomic E-state index is 12.9. The van der Waals surface area contributed by atoms with Gasteiger partial charge in [-0.1, -0.05) is 59.1 Å². The van der Waals surface area contributed by atoms with Crippen molar-refractivity contribution >= 4 is 34.7 Å². The first-order valence-electron chi connectivity index (χ1n) is 8.45. The average Bonchev–Trinajstić information content (AvgIpc) is 2.84. The van der Waals surface area contributed by atoms with Crippen LogP contribution in [0.15, 0.2) is 53.6 Å². The normalized spacial score (nSPS) is 19.6. The Morgan fingerprint density at radius 1 is 1.07 bits per heavy atom. The van der Waals surface area contributed by atoms with E-state index in [1.807, 2.05) is 50.2 Å². The van der Waals surface area contributed by atoms with Gasteiger partial charge in [-0.2, -0.15) is 0 Å². The number of hydrogen-bond donors (Lipinski definition) is 1. The molecule has 1 unspecified atom stereocenters. The molecule has 1 aliphatic rings. The molecule has 0 radical (unpaired) electrons. The smallest absolute Gasteiger partial charge is 0.310 e. The number of Topliss-reactive ketones (excluding diaryl/α,β-unsaturated/α-hetero) is 1. The number of aryl methyl sites for hydroxylation is 2. The lowest BCUT2D eigenvalue weighted by atomic mass is 10.0. The van der Waals surface area contributed by atoms with Gasteiger partial charge >= 0.3 is 5.97 Å². The predicted molar refractivity (Wildman–Crippen MR) is 104 cm³/mol. The van der Waals surface area contributed by atoms with E-state index in [0.29, 0.717) is 16.9 Å². The molecule has 5 nitrogen and oxygen atoms in total. The van der Waals surface area contributed by atoms with E-state index in [2.05, 4.69) is 4.74 Å². The second-order valence-corrected chi connectivity index (χ2v) is 6.98. The van der Waals surface area contributed by atoms with Crippen molar-refractivity contribution in [3.8, 4) is 0 Å². The molecule has 0 amide bonds. The van der Waals surface area contributed by atoms with E-state index in [0.717, 1.165) is 11.1 Å². The van der Waals surface area contributed by atoms with Crippen LogP contribution in [0.3, 0.4) is 0 Å². The van der Waals surface area contributed by atoms with Gasteiger partial charge in [0.1, 0.15) is 11.5 Å². The zero-order valence-electron chi connectivity index (χ0n) is 15.3. The highest BCUT2D eigenvalue weighted by molar-refractivity contribution is 6.49. The molecule has 3 rings (SSSR count). The predicted octanol–water partition coefficient (Wildman–Crippen LogP) is 3.55. The van der Waals surface area contributed by atoms with Gasteiger partial charge in [-0.25, -0.2) is 0 Å². The molecule has 0 spiro atoms. The number of nitrogens with zero attached hydrogens (tertiary/aromatic N) is 1. The quantitative estimate of drug-likeness (QED) is 0.815. The van der Waals surface area contributed by atoms with E-state index >= 15 is 0 Å². The number of carbonyl (C=O) groups is 2. The summed E-state index contributed by atoms with van der Waals surface area (Å²) in [5.41, 5.74) is 1.49. The Bertz CT molecular complexity index is 918. The van der Waals surface area contributed by atoms with Gasteiger partial charge in [0.15, 0.2) is 0 Å². The largest absolute Gasteiger partial charge is 0.469 e. The first-order chi connectivity index (χ1) is 12.8. The lowest BCUT2D eigenvalue weighted by molar-refractivity contribution is -0.150. The van der Waals surface area contributed by atoms with Crippen LogP contribution >= 0.6 is 11.6 Å². The second-order valence-electron chi connectivity index (χ2n) is 6.60. The first-order valence-corrected chi connectivity index (χ1v) is 8.83. The lowest BCUT2D eigenvalue weighted by Gasteiger charge is -2.35. The van der Waals surface area contributed by atoms with E-state index < -0.39 is 23.9 Å². The molecule has 0 aromatic heterocycles. The van der Waals surface area contributed by atoms with Gasteiger partial charge in [0, 0.05) is 5.69 Å². The molecule has 1 aliphatic heterocycles. The summed E-state index contributed by atoms with van der Waals surface area (Å²) < 4.78 is 4.68. The van der Waals surface area contributed by atoms with Crippen molar-refractivity contribution in [3.05, 3.63) is 70.3 Å². The number of ether oxygens (including phenoxy) is 1. The molecule has 2 aromatic carbocycles. The first kappa shape index (κ1) is 19.1. The van der Waals surface area contributed by atoms with E-state index in [-0.39, 0.29) is 5.03 Å². The van der Waals surface area contributed by atoms with Crippen molar-refractivity contribution in [2.24, 2.45) is 0 Å². The van der Waals surface area contributed by atoms with Crippen molar-refractivity contribution < 1.29 is 19.4 Å². The fraction of sp³-hybridized carbons (Fsp3) is 0.238. The van der Waals surface area contributed by atoms with Gasteiger partial charge in [0.05, 0.1) is 12.8 Å². The number of methoxy groups -OCH3 is 1. The molecule has 140 valence electrons. The average molecular weight is 386 g/mol. The molecule has 0 saturated heterocycles. The van der Waals surface area contributed by atoms with Crippen molar-refractivity contribution in [3.63, 3.8) is 0 Å². The SMILES string of the molecule is COC(=O)CC1(O)C(=O)C(Cl)=C(c2ccc(C)cc2)N1c1ccc(C)cc1. The lowest BCUT2D eigenvalue weighted by Crippen LogP contribution is -2.51. The summed E-state index contributed by atoms with van der Waals surface area (Å²) in [5.74, 6) is -1.44. The number of carbonyl (C=O) groups excluding carboxylic acids is 2. The number of halogens is 1. The number of aliphatic hydroxyl groups is 1. The van der Waals surface area contributed by atoms with Crippen molar-refractivity contribution in [1.29, 1.82) is 0 Å². The molecule has 6 heteroatoms. The zero-order valence-corrected chi connectivity index (χ0v) is 16.1. The minimum absolute atomic E-state index is 0.120. The summed E-state index contributed by atoms with van der Waals surface area (Å²) in [6.45, 7) is 3.88. The Kier molecular flexibility index (Phi) is 5.09. The van der Waals surface area contributed by atoms with Gasteiger partial charge < -0.3 is 14.7 Å². The maximum atomic E-state index is 12.9. The van der Waals surface area contributed by atoms with Crippen LogP contribution in [0.25, 0.3) is 5.70 Å². The summed E-state index contributed by atoms with van der Waals surface area (Å²) in [7, 11) is 1.21. The number of hydrogen-bond acceptors (Lipinski definition) is 5. The number of ketones is 1. The van der Waals surface area contributed by atoms with Crippen LogP contribution < -0.4 is 4.90 Å². The van der Waals surface area contributed by atoms with Crippen molar-refractivity contribution in [1.82, 2.24) is 0 Å². The van der Waals surface area contributed by atoms with E-state index in [1.54, 1.807) is 12.1 Å². The van der Waals surface area contributed by atoms with Crippen LogP contribution in [0.4, 0.5) is 5.69 Å². The molecule has 1 heterocycles. The highest BCUT2D eigenvalue weighted by Gasteiger charge is 2.53. The maximum Gasteiger partial charge on any atom is 0.310 e. The highest BCUT2D eigenvalue weighted by Crippen LogP contribution is 2.45. The summed E-state index contributed by atoms with van der Waals surface area (Å²) in [5, 5.41) is 11.1. The topological polar surface area (TPSA) is 66.8 Å². The summed E-state index contributed by atoms with van der Waals surface area (Å²) >= 11 is 6.37. The molecule has 0 fully saturated rings. The third-order valence-corrected chi connectivity index (χ3v) is 4.95. The van der Waals surface area contributed by atoms with Gasteiger partial charge in [-0.3, -0.25) is 9.59 Å². The molecule has 1 atom stereocenters. The standard InChI is InChI=1S/C21H20ClNO4/c1-13-4-8-15(9-5-13)19-18(22)20(25)21(26,12-17(24)27-3)23(19)16-10-6-14(2)7-11-16/h4-11,26H,12H2,1-3H3. The molecule has 0 saturated carbocycles. The number of rotatable bonds is 4. The molecule has 0 bridgehead atoms. The summed E-state index contributed by atoms with van der Waals surface area (Å²) in [6, 6.07) is 14.7. The van der Waals surface area contributed by atoms with Crippen molar-refractivity contribution in [2.45, 2.75) is 26.0 Å². The van der Waals surface area contributed by atoms with E-state index in [9.17, 15) is 14.7 Å². The zero-order chi connectivity index (χ0) is 19.8. The third-order valence-electron chi connectivity index (χ3n) is 4.60. The van der Waals surface area contributed by atoms with Gasteiger partial charge in [0.25, 0.3) is 0 Å². The molecule has 2 aromatic rings. The van der Waals surface area contributed by atoms with Crippen LogP contribution in [-0.2, 0) is 14.3 Å². The Balaban J connectivity index is 2.19. The summed E-state index contributed by atoms with van der Waals surface area (Å²) in [6.07, 6.45) is -0.540. The van der Waals surface area contributed by atoms with Crippen LogP contribution in [0, 0.1) is 13.8 Å². The molecular weight excluding hydrogens is 366 g/mol. The Hall–Kier alpha value is -2.63. The van der Waals surface area contributed by atoms with Crippen LogP contribution in [0.2, 0.25) is 0 Å². The van der Waals surface area contributed by atoms with E-state index in [1.165, 1.54) is 12.0 Å². The third kappa shape index (κ3) is 3.36. The molecule has 27 heavy (non-hydrogen) atoms. The Labute approximate surface area is 162 Å². The Morgan fingerprint density at radius 3 is 2.11 bits per heavy atom. The number of anilines is 1. The molecule has 1 N–H and O–H groups in total. The monoisotopic (exact) mass is 385 g/mol. The highest BCUT2D eigenvalue weighted by atomic mass is 35.5. The van der Waals surface area contributed by atoms with Crippen LogP contribution in [0.5, 0.6) is 0 Å². The summed E-state index contributed by atoms with van der Waals surface area (Å²) in [4.78, 5) is 26.2. The van der Waals surface area contributed by atoms with Gasteiger partial charge in [0.2, 0.25) is 11.5 Å².